The van der Waals surface area contributed by atoms with Gasteiger partial charge in [-0.3, -0.25) is 4.79 Å². The molecule has 4 nitrogen and oxygen atoms in total. The van der Waals surface area contributed by atoms with Gasteiger partial charge in [0.1, 0.15) is 5.82 Å². The molecule has 0 aromatic carbocycles. The third-order valence-corrected chi connectivity index (χ3v) is 1.94. The number of rotatable bonds is 3. The Bertz CT molecular complexity index is 308. The predicted octanol–water partition coefficient (Wildman–Crippen LogP) is 1.07. The maximum atomic E-state index is 11.4. The summed E-state index contributed by atoms with van der Waals surface area (Å²) in [5, 5.41) is 2.64. The molecule has 0 fully saturated rings. The fraction of sp³-hybridized carbons (Fsp3) is 0.400. The molecular formula is C10H15N3O. The Morgan fingerprint density at radius 2 is 2.36 bits per heavy atom. The minimum Gasteiger partial charge on any atom is -0.320 e. The highest BCUT2D eigenvalue weighted by molar-refractivity contribution is 5.93. The van der Waals surface area contributed by atoms with Gasteiger partial charge in [-0.1, -0.05) is 13.0 Å². The van der Waals surface area contributed by atoms with E-state index in [1.165, 1.54) is 0 Å². The fourth-order valence-corrected chi connectivity index (χ4v) is 0.946. The van der Waals surface area contributed by atoms with Crippen molar-refractivity contribution in [1.29, 1.82) is 0 Å². The van der Waals surface area contributed by atoms with Crippen LogP contribution >= 0.6 is 0 Å². The zero-order valence-corrected chi connectivity index (χ0v) is 8.45. The number of nitrogens with two attached hydrogens (primary N) is 1. The molecule has 76 valence electrons. The van der Waals surface area contributed by atoms with Gasteiger partial charge in [-0.15, -0.1) is 0 Å². The van der Waals surface area contributed by atoms with Crippen molar-refractivity contribution in [2.24, 2.45) is 5.73 Å². The Morgan fingerprint density at radius 1 is 1.64 bits per heavy atom. The van der Waals surface area contributed by atoms with Gasteiger partial charge in [0, 0.05) is 6.20 Å². The quantitative estimate of drug-likeness (QED) is 0.754. The lowest BCUT2D eigenvalue weighted by Gasteiger charge is -2.08. The van der Waals surface area contributed by atoms with E-state index in [2.05, 4.69) is 10.3 Å². The lowest BCUT2D eigenvalue weighted by molar-refractivity contribution is -0.117. The van der Waals surface area contributed by atoms with Gasteiger partial charge < -0.3 is 11.1 Å². The number of anilines is 1. The van der Waals surface area contributed by atoms with E-state index >= 15 is 0 Å². The summed E-state index contributed by atoms with van der Waals surface area (Å²) in [5.41, 5.74) is 6.61. The van der Waals surface area contributed by atoms with Gasteiger partial charge in [0.2, 0.25) is 5.91 Å². The van der Waals surface area contributed by atoms with Crippen molar-refractivity contribution < 1.29 is 4.79 Å². The number of carbonyl (C=O) groups is 1. The van der Waals surface area contributed by atoms with E-state index < -0.39 is 6.04 Å². The summed E-state index contributed by atoms with van der Waals surface area (Å²) in [5.74, 6) is 0.355. The van der Waals surface area contributed by atoms with E-state index in [0.29, 0.717) is 12.2 Å². The number of amides is 1. The second-order valence-electron chi connectivity index (χ2n) is 3.22. The summed E-state index contributed by atoms with van der Waals surface area (Å²) in [4.78, 5) is 15.4. The van der Waals surface area contributed by atoms with E-state index in [0.717, 1.165) is 5.56 Å². The highest BCUT2D eigenvalue weighted by atomic mass is 16.2. The number of carbonyl (C=O) groups excluding carboxylic acids is 1. The van der Waals surface area contributed by atoms with Gasteiger partial charge in [-0.2, -0.15) is 0 Å². The molecular weight excluding hydrogens is 178 g/mol. The Hall–Kier alpha value is -1.42. The molecule has 0 aliphatic heterocycles. The lowest BCUT2D eigenvalue weighted by atomic mass is 10.2. The first-order chi connectivity index (χ1) is 6.63. The molecule has 1 heterocycles. The summed E-state index contributed by atoms with van der Waals surface area (Å²) >= 11 is 0. The molecule has 0 unspecified atom stereocenters. The monoisotopic (exact) mass is 193 g/mol. The van der Waals surface area contributed by atoms with Crippen LogP contribution in [0.2, 0.25) is 0 Å². The number of nitrogens with zero attached hydrogens (tertiary/aromatic N) is 1. The highest BCUT2D eigenvalue weighted by Gasteiger charge is 2.10. The van der Waals surface area contributed by atoms with E-state index in [9.17, 15) is 4.79 Å². The van der Waals surface area contributed by atoms with Gasteiger partial charge in [-0.25, -0.2) is 4.98 Å². The fourth-order valence-electron chi connectivity index (χ4n) is 0.946. The van der Waals surface area contributed by atoms with Gasteiger partial charge in [0.25, 0.3) is 0 Å². The van der Waals surface area contributed by atoms with Crippen LogP contribution in [0.5, 0.6) is 0 Å². The van der Waals surface area contributed by atoms with Crippen LogP contribution < -0.4 is 11.1 Å². The molecule has 0 bridgehead atoms. The third kappa shape index (κ3) is 2.81. The highest BCUT2D eigenvalue weighted by Crippen LogP contribution is 2.04. The maximum Gasteiger partial charge on any atom is 0.242 e. The van der Waals surface area contributed by atoms with Crippen LogP contribution in [0.1, 0.15) is 18.9 Å². The molecule has 0 aliphatic rings. The van der Waals surface area contributed by atoms with Crippen LogP contribution in [0, 0.1) is 6.92 Å². The van der Waals surface area contributed by atoms with Crippen LogP contribution in [0.15, 0.2) is 18.3 Å². The maximum absolute atomic E-state index is 11.4. The second kappa shape index (κ2) is 4.72. The first kappa shape index (κ1) is 10.7. The van der Waals surface area contributed by atoms with Gasteiger partial charge in [-0.05, 0) is 25.0 Å². The van der Waals surface area contributed by atoms with Crippen LogP contribution in [-0.2, 0) is 4.79 Å². The second-order valence-corrected chi connectivity index (χ2v) is 3.22. The number of pyridine rings is 1. The lowest BCUT2D eigenvalue weighted by Crippen LogP contribution is -2.35. The van der Waals surface area contributed by atoms with E-state index in [1.54, 1.807) is 12.3 Å². The summed E-state index contributed by atoms with van der Waals surface area (Å²) in [7, 11) is 0. The SMILES string of the molecule is CC[C@@H](N)C(=O)Nc1ccc(C)cn1. The zero-order valence-electron chi connectivity index (χ0n) is 8.45. The number of hydrogen-bond donors (Lipinski definition) is 2. The molecule has 1 atom stereocenters. The molecule has 0 saturated heterocycles. The van der Waals surface area contributed by atoms with Gasteiger partial charge >= 0.3 is 0 Å². The topological polar surface area (TPSA) is 68.0 Å². The third-order valence-electron chi connectivity index (χ3n) is 1.94. The van der Waals surface area contributed by atoms with Gasteiger partial charge in [0.05, 0.1) is 6.04 Å². The molecule has 0 radical (unpaired) electrons. The van der Waals surface area contributed by atoms with Crippen molar-refractivity contribution in [1.82, 2.24) is 4.98 Å². The van der Waals surface area contributed by atoms with E-state index in [-0.39, 0.29) is 5.91 Å². The molecule has 14 heavy (non-hydrogen) atoms. The van der Waals surface area contributed by atoms with Crippen molar-refractivity contribution in [3.8, 4) is 0 Å². The first-order valence-corrected chi connectivity index (χ1v) is 4.62. The normalized spacial score (nSPS) is 12.2. The number of hydrogen-bond acceptors (Lipinski definition) is 3. The molecule has 1 aromatic rings. The number of aromatic nitrogens is 1. The largest absolute Gasteiger partial charge is 0.320 e. The Kier molecular flexibility index (Phi) is 3.59. The molecule has 0 spiro atoms. The first-order valence-electron chi connectivity index (χ1n) is 4.62. The van der Waals surface area contributed by atoms with Crippen LogP contribution in [0.3, 0.4) is 0 Å². The molecule has 0 saturated carbocycles. The van der Waals surface area contributed by atoms with Crippen LogP contribution in [0.4, 0.5) is 5.82 Å². The molecule has 1 aromatic heterocycles. The molecule has 0 aliphatic carbocycles. The number of aryl methyl sites for hydroxylation is 1. The van der Waals surface area contributed by atoms with Crippen molar-refractivity contribution in [3.63, 3.8) is 0 Å². The smallest absolute Gasteiger partial charge is 0.242 e. The van der Waals surface area contributed by atoms with Crippen molar-refractivity contribution in [2.45, 2.75) is 26.3 Å². The summed E-state index contributed by atoms with van der Waals surface area (Å²) < 4.78 is 0. The van der Waals surface area contributed by atoms with Crippen molar-refractivity contribution >= 4 is 11.7 Å². The van der Waals surface area contributed by atoms with Crippen molar-refractivity contribution in [3.05, 3.63) is 23.9 Å². The molecule has 1 amide bonds. The Balaban J connectivity index is 2.60. The van der Waals surface area contributed by atoms with Crippen LogP contribution in [0.25, 0.3) is 0 Å². The molecule has 4 heteroatoms. The van der Waals surface area contributed by atoms with Crippen LogP contribution in [-0.4, -0.2) is 16.9 Å². The zero-order chi connectivity index (χ0) is 10.6. The molecule has 3 N–H and O–H groups in total. The summed E-state index contributed by atoms with van der Waals surface area (Å²) in [6, 6.07) is 3.19. The van der Waals surface area contributed by atoms with E-state index in [1.807, 2.05) is 19.9 Å². The minimum atomic E-state index is -0.460. The molecule has 1 rings (SSSR count). The van der Waals surface area contributed by atoms with Crippen molar-refractivity contribution in [2.75, 3.05) is 5.32 Å². The number of nitrogens with one attached hydrogen (secondary N) is 1. The Labute approximate surface area is 83.5 Å². The Morgan fingerprint density at radius 3 is 2.86 bits per heavy atom. The predicted molar refractivity (Wildman–Crippen MR) is 55.9 cm³/mol. The minimum absolute atomic E-state index is 0.191. The standard InChI is InChI=1S/C10H15N3O/c1-3-8(11)10(14)13-9-5-4-7(2)6-12-9/h4-6,8H,3,11H2,1-2H3,(H,12,13,14)/t8-/m1/s1. The average Bonchev–Trinajstić information content (AvgIpc) is 2.20. The average molecular weight is 193 g/mol. The van der Waals surface area contributed by atoms with E-state index in [4.69, 9.17) is 5.73 Å². The summed E-state index contributed by atoms with van der Waals surface area (Å²) in [6.45, 7) is 3.81. The summed E-state index contributed by atoms with van der Waals surface area (Å²) in [6.07, 6.45) is 2.32. The van der Waals surface area contributed by atoms with Gasteiger partial charge in [0.15, 0.2) is 0 Å².